The molecule has 0 aliphatic carbocycles. The third kappa shape index (κ3) is 5.60. The van der Waals surface area contributed by atoms with Crippen molar-refractivity contribution < 1.29 is 38.4 Å². The van der Waals surface area contributed by atoms with E-state index >= 15 is 0 Å². The van der Waals surface area contributed by atoms with Crippen molar-refractivity contribution in [3.8, 4) is 5.88 Å². The van der Waals surface area contributed by atoms with Crippen molar-refractivity contribution in [2.75, 3.05) is 13.2 Å². The van der Waals surface area contributed by atoms with Crippen molar-refractivity contribution in [1.82, 2.24) is 9.13 Å². The maximum Gasteiger partial charge on any atom is 0.333 e. The Balaban J connectivity index is 2.43. The fourth-order valence-electron chi connectivity index (χ4n) is 3.13. The number of rotatable bonds is 6. The zero-order valence-corrected chi connectivity index (χ0v) is 18.3. The summed E-state index contributed by atoms with van der Waals surface area (Å²) in [5.41, 5.74) is -1.80. The number of hydrogen-bond acceptors (Lipinski definition) is 11. The third-order valence-electron chi connectivity index (χ3n) is 4.67. The smallest absolute Gasteiger partial charge is 0.333 e. The molecule has 0 saturated carbocycles. The molecule has 2 unspecified atom stereocenters. The maximum atomic E-state index is 12.4. The van der Waals surface area contributed by atoms with E-state index < -0.39 is 59.4 Å². The number of esters is 3. The molecule has 1 aliphatic heterocycles. The van der Waals surface area contributed by atoms with Crippen LogP contribution in [0.5, 0.6) is 5.88 Å². The predicted octanol–water partition coefficient (Wildman–Crippen LogP) is -1.60. The summed E-state index contributed by atoms with van der Waals surface area (Å²) in [5, 5.41) is 10.2. The van der Waals surface area contributed by atoms with E-state index in [0.29, 0.717) is 0 Å². The predicted molar refractivity (Wildman–Crippen MR) is 107 cm³/mol. The van der Waals surface area contributed by atoms with Crippen molar-refractivity contribution in [1.29, 1.82) is 0 Å². The molecule has 1 aromatic rings. The zero-order valence-electron chi connectivity index (χ0n) is 18.3. The van der Waals surface area contributed by atoms with E-state index in [9.17, 15) is 29.1 Å². The molecular weight excluding hydrogens is 430 g/mol. The van der Waals surface area contributed by atoms with Crippen LogP contribution in [0.3, 0.4) is 0 Å². The van der Waals surface area contributed by atoms with E-state index in [1.165, 1.54) is 21.0 Å². The van der Waals surface area contributed by atoms with Gasteiger partial charge in [0.25, 0.3) is 5.56 Å². The standard InChI is InChI=1S/C19H25N3O10/c1-9(23)29-8-14-16(32-11(3)25)15(31-10(2)24)13(7-30-14)20-6-12-17(26)21(4)19(28)22(5)18(12)27/h6,13-16,26H,7-8H2,1-5H3/t13?,14?,15-,16-/m1/s1. The summed E-state index contributed by atoms with van der Waals surface area (Å²) < 4.78 is 22.8. The van der Waals surface area contributed by atoms with Crippen LogP contribution in [0.25, 0.3) is 0 Å². The quantitative estimate of drug-likeness (QED) is 0.300. The summed E-state index contributed by atoms with van der Waals surface area (Å²) in [6.45, 7) is 3.08. The lowest BCUT2D eigenvalue weighted by Gasteiger charge is -2.39. The van der Waals surface area contributed by atoms with Crippen LogP contribution in [0.15, 0.2) is 14.6 Å². The Bertz CT molecular complexity index is 1040. The Morgan fingerprint density at radius 1 is 1.06 bits per heavy atom. The van der Waals surface area contributed by atoms with Crippen LogP contribution in [0.4, 0.5) is 0 Å². The summed E-state index contributed by atoms with van der Waals surface area (Å²) in [7, 11) is 2.51. The number of aliphatic imine (C=N–C) groups is 1. The average molecular weight is 455 g/mol. The number of aromatic nitrogens is 2. The van der Waals surface area contributed by atoms with Gasteiger partial charge < -0.3 is 24.1 Å². The molecule has 13 nitrogen and oxygen atoms in total. The molecule has 2 rings (SSSR count). The molecule has 1 aromatic heterocycles. The van der Waals surface area contributed by atoms with Gasteiger partial charge in [0.05, 0.1) is 6.61 Å². The van der Waals surface area contributed by atoms with E-state index in [1.54, 1.807) is 0 Å². The summed E-state index contributed by atoms with van der Waals surface area (Å²) in [6, 6.07) is -0.946. The van der Waals surface area contributed by atoms with E-state index in [1.807, 2.05) is 0 Å². The van der Waals surface area contributed by atoms with Crippen molar-refractivity contribution in [3.05, 3.63) is 26.4 Å². The van der Waals surface area contributed by atoms with Crippen molar-refractivity contribution in [3.63, 3.8) is 0 Å². The van der Waals surface area contributed by atoms with Crippen LogP contribution in [0.1, 0.15) is 26.3 Å². The molecule has 2 heterocycles. The minimum Gasteiger partial charge on any atom is -0.494 e. The molecule has 0 spiro atoms. The van der Waals surface area contributed by atoms with Crippen molar-refractivity contribution in [2.45, 2.75) is 45.1 Å². The van der Waals surface area contributed by atoms with Crippen LogP contribution >= 0.6 is 0 Å². The second-order valence-electron chi connectivity index (χ2n) is 7.11. The van der Waals surface area contributed by atoms with Crippen LogP contribution in [-0.2, 0) is 47.4 Å². The van der Waals surface area contributed by atoms with Gasteiger partial charge in [0.1, 0.15) is 24.3 Å². The van der Waals surface area contributed by atoms with E-state index in [2.05, 4.69) is 4.99 Å². The summed E-state index contributed by atoms with van der Waals surface area (Å²) in [4.78, 5) is 63.0. The maximum absolute atomic E-state index is 12.4. The molecule has 0 radical (unpaired) electrons. The Kier molecular flexibility index (Phi) is 7.92. The number of hydrogen-bond donors (Lipinski definition) is 1. The molecule has 4 atom stereocenters. The topological polar surface area (TPSA) is 165 Å². The summed E-state index contributed by atoms with van der Waals surface area (Å²) >= 11 is 0. The highest BCUT2D eigenvalue weighted by Crippen LogP contribution is 2.25. The number of ether oxygens (including phenoxy) is 4. The molecule has 176 valence electrons. The fourth-order valence-corrected chi connectivity index (χ4v) is 3.13. The van der Waals surface area contributed by atoms with Crippen molar-refractivity contribution >= 4 is 24.1 Å². The summed E-state index contributed by atoms with van der Waals surface area (Å²) in [5.74, 6) is -2.58. The van der Waals surface area contributed by atoms with Crippen LogP contribution in [0, 0.1) is 0 Å². The Morgan fingerprint density at radius 3 is 2.22 bits per heavy atom. The molecular formula is C19H25N3O10. The monoisotopic (exact) mass is 455 g/mol. The Hall–Kier alpha value is -3.48. The van der Waals surface area contributed by atoms with Gasteiger partial charge in [0.15, 0.2) is 12.2 Å². The van der Waals surface area contributed by atoms with Crippen molar-refractivity contribution in [2.24, 2.45) is 19.1 Å². The molecule has 0 amide bonds. The number of nitrogens with zero attached hydrogens (tertiary/aromatic N) is 3. The van der Waals surface area contributed by atoms with E-state index in [-0.39, 0.29) is 18.8 Å². The molecule has 0 bridgehead atoms. The van der Waals surface area contributed by atoms with Gasteiger partial charge in [0.2, 0.25) is 5.88 Å². The van der Waals surface area contributed by atoms with E-state index in [0.717, 1.165) is 29.2 Å². The second kappa shape index (κ2) is 10.2. The van der Waals surface area contributed by atoms with Gasteiger partial charge in [-0.15, -0.1) is 0 Å². The Morgan fingerprint density at radius 2 is 1.66 bits per heavy atom. The molecule has 1 saturated heterocycles. The molecule has 32 heavy (non-hydrogen) atoms. The van der Waals surface area contributed by atoms with Gasteiger partial charge in [-0.25, -0.2) is 4.79 Å². The largest absolute Gasteiger partial charge is 0.494 e. The lowest BCUT2D eigenvalue weighted by atomic mass is 9.98. The van der Waals surface area contributed by atoms with Crippen LogP contribution in [-0.4, -0.2) is 75.9 Å². The third-order valence-corrected chi connectivity index (χ3v) is 4.67. The highest BCUT2D eigenvalue weighted by atomic mass is 16.6. The number of aromatic hydroxyl groups is 1. The fraction of sp³-hybridized carbons (Fsp3) is 0.579. The molecule has 1 N–H and O–H groups in total. The zero-order chi connectivity index (χ0) is 24.2. The summed E-state index contributed by atoms with van der Waals surface area (Å²) in [6.07, 6.45) is -2.21. The highest BCUT2D eigenvalue weighted by molar-refractivity contribution is 5.82. The number of carbonyl (C=O) groups excluding carboxylic acids is 3. The second-order valence-corrected chi connectivity index (χ2v) is 7.11. The normalized spacial score (nSPS) is 23.0. The van der Waals surface area contributed by atoms with Gasteiger partial charge in [-0.2, -0.15) is 0 Å². The highest BCUT2D eigenvalue weighted by Gasteiger charge is 2.45. The first-order valence-corrected chi connectivity index (χ1v) is 9.55. The first-order chi connectivity index (χ1) is 14.9. The van der Waals surface area contributed by atoms with Crippen LogP contribution < -0.4 is 11.2 Å². The lowest BCUT2D eigenvalue weighted by Crippen LogP contribution is -2.57. The molecule has 13 heteroatoms. The minimum atomic E-state index is -1.16. The van der Waals surface area contributed by atoms with Crippen LogP contribution in [0.2, 0.25) is 0 Å². The van der Waals surface area contributed by atoms with Gasteiger partial charge in [-0.05, 0) is 0 Å². The molecule has 0 aromatic carbocycles. The molecule has 1 fully saturated rings. The Labute approximate surface area is 182 Å². The first kappa shape index (κ1) is 24.8. The first-order valence-electron chi connectivity index (χ1n) is 9.55. The number of carbonyl (C=O) groups is 3. The van der Waals surface area contributed by atoms with Gasteiger partial charge in [0, 0.05) is 41.1 Å². The van der Waals surface area contributed by atoms with Gasteiger partial charge >= 0.3 is 23.6 Å². The SMILES string of the molecule is CC(=O)OCC1OCC(N=Cc2c(O)n(C)c(=O)n(C)c2=O)[C@@H](OC(C)=O)[C@@H]1OC(C)=O. The average Bonchev–Trinajstić information content (AvgIpc) is 2.71. The van der Waals surface area contributed by atoms with Gasteiger partial charge in [-0.3, -0.25) is 33.3 Å². The minimum absolute atomic E-state index is 0.148. The van der Waals surface area contributed by atoms with Gasteiger partial charge in [-0.1, -0.05) is 0 Å². The lowest BCUT2D eigenvalue weighted by molar-refractivity contribution is -0.204. The van der Waals surface area contributed by atoms with E-state index in [4.69, 9.17) is 18.9 Å². The molecule has 1 aliphatic rings.